The van der Waals surface area contributed by atoms with Gasteiger partial charge in [0.05, 0.1) is 16.0 Å². The van der Waals surface area contributed by atoms with Crippen molar-refractivity contribution in [1.82, 2.24) is 5.32 Å². The molecule has 0 saturated carbocycles. The van der Waals surface area contributed by atoms with Gasteiger partial charge in [-0.2, -0.15) is 0 Å². The third kappa shape index (κ3) is 5.60. The van der Waals surface area contributed by atoms with Crippen molar-refractivity contribution in [2.24, 2.45) is 0 Å². The molecule has 1 aliphatic heterocycles. The van der Waals surface area contributed by atoms with E-state index in [4.69, 9.17) is 21.1 Å². The summed E-state index contributed by atoms with van der Waals surface area (Å²) in [6.07, 6.45) is 1.98. The lowest BCUT2D eigenvalue weighted by molar-refractivity contribution is -0.123. The molecule has 1 fully saturated rings. The topological polar surface area (TPSA) is 93.7 Å². The van der Waals surface area contributed by atoms with Crippen LogP contribution in [-0.4, -0.2) is 40.2 Å². The van der Waals surface area contributed by atoms with Crippen LogP contribution < -0.4 is 14.8 Å². The summed E-state index contributed by atoms with van der Waals surface area (Å²) in [4.78, 5) is 11.9. The summed E-state index contributed by atoms with van der Waals surface area (Å²) >= 11 is 6.13. The number of sulfonamides is 1. The summed E-state index contributed by atoms with van der Waals surface area (Å²) < 4.78 is 38.2. The van der Waals surface area contributed by atoms with Crippen LogP contribution in [0.5, 0.6) is 5.75 Å². The van der Waals surface area contributed by atoms with Gasteiger partial charge in [0.1, 0.15) is 5.75 Å². The molecule has 28 heavy (non-hydrogen) atoms. The third-order valence-corrected chi connectivity index (χ3v) is 5.82. The Morgan fingerprint density at radius 3 is 2.68 bits per heavy atom. The molecule has 0 bridgehead atoms. The quantitative estimate of drug-likeness (QED) is 0.679. The fraction of sp³-hybridized carbons (Fsp3) is 0.316. The van der Waals surface area contributed by atoms with Crippen LogP contribution in [0.3, 0.4) is 0 Å². The van der Waals surface area contributed by atoms with Crippen molar-refractivity contribution in [2.45, 2.75) is 23.8 Å². The monoisotopic (exact) mass is 424 g/mol. The molecule has 0 radical (unpaired) electrons. The van der Waals surface area contributed by atoms with E-state index in [-0.39, 0.29) is 34.3 Å². The smallest absolute Gasteiger partial charge is 0.261 e. The first-order chi connectivity index (χ1) is 13.4. The fourth-order valence-electron chi connectivity index (χ4n) is 2.71. The summed E-state index contributed by atoms with van der Waals surface area (Å²) in [6.45, 7) is 0.945. The minimum Gasteiger partial charge on any atom is -0.482 e. The zero-order valence-corrected chi connectivity index (χ0v) is 16.6. The van der Waals surface area contributed by atoms with E-state index in [1.807, 2.05) is 0 Å². The summed E-state index contributed by atoms with van der Waals surface area (Å²) in [5.74, 6) is -0.0680. The predicted octanol–water partition coefficient (Wildman–Crippen LogP) is 2.81. The van der Waals surface area contributed by atoms with E-state index in [0.717, 1.165) is 19.4 Å². The van der Waals surface area contributed by atoms with Crippen molar-refractivity contribution in [3.63, 3.8) is 0 Å². The maximum atomic E-state index is 12.5. The molecular formula is C19H21ClN2O5S. The van der Waals surface area contributed by atoms with Crippen LogP contribution in [0.2, 0.25) is 5.02 Å². The fourth-order valence-corrected chi connectivity index (χ4v) is 4.10. The normalized spacial score (nSPS) is 16.5. The van der Waals surface area contributed by atoms with Crippen LogP contribution >= 0.6 is 11.6 Å². The van der Waals surface area contributed by atoms with E-state index < -0.39 is 10.0 Å². The van der Waals surface area contributed by atoms with E-state index in [0.29, 0.717) is 12.2 Å². The van der Waals surface area contributed by atoms with Crippen molar-refractivity contribution in [1.29, 1.82) is 0 Å². The number of hydrogen-bond donors (Lipinski definition) is 2. The highest BCUT2D eigenvalue weighted by atomic mass is 35.5. The molecule has 0 unspecified atom stereocenters. The Kier molecular flexibility index (Phi) is 6.77. The van der Waals surface area contributed by atoms with Gasteiger partial charge in [0.2, 0.25) is 0 Å². The number of halogens is 1. The molecule has 2 aromatic carbocycles. The van der Waals surface area contributed by atoms with E-state index >= 15 is 0 Å². The number of para-hydroxylation sites is 1. The molecular weight excluding hydrogens is 404 g/mol. The van der Waals surface area contributed by atoms with Gasteiger partial charge in [-0.15, -0.1) is 0 Å². The molecule has 9 heteroatoms. The Morgan fingerprint density at radius 1 is 1.21 bits per heavy atom. The van der Waals surface area contributed by atoms with Gasteiger partial charge in [-0.3, -0.25) is 9.52 Å². The average molecular weight is 425 g/mol. The Bertz CT molecular complexity index is 915. The maximum absolute atomic E-state index is 12.5. The van der Waals surface area contributed by atoms with Crippen LogP contribution in [0.15, 0.2) is 53.4 Å². The van der Waals surface area contributed by atoms with Gasteiger partial charge in [-0.05, 0) is 43.2 Å². The maximum Gasteiger partial charge on any atom is 0.261 e. The number of carbonyl (C=O) groups excluding carboxylic acids is 1. The molecule has 1 saturated heterocycles. The van der Waals surface area contributed by atoms with Gasteiger partial charge in [-0.1, -0.05) is 29.8 Å². The second kappa shape index (κ2) is 9.27. The standard InChI is InChI=1S/C19H21ClN2O5S/c20-17-11-16(28(24,25)22-14-5-2-1-3-6-14)8-9-18(17)27-13-19(23)21-12-15-7-4-10-26-15/h1-3,5-6,8-9,11,15,22H,4,7,10,12-13H2,(H,21,23)/t15-/m0/s1. The van der Waals surface area contributed by atoms with Gasteiger partial charge >= 0.3 is 0 Å². The second-order valence-electron chi connectivity index (χ2n) is 6.29. The lowest BCUT2D eigenvalue weighted by Crippen LogP contribution is -2.35. The van der Waals surface area contributed by atoms with E-state index in [9.17, 15) is 13.2 Å². The Balaban J connectivity index is 1.56. The van der Waals surface area contributed by atoms with Crippen molar-refractivity contribution >= 4 is 33.2 Å². The predicted molar refractivity (Wildman–Crippen MR) is 106 cm³/mol. The van der Waals surface area contributed by atoms with Gasteiger partial charge in [0, 0.05) is 18.8 Å². The number of hydrogen-bond acceptors (Lipinski definition) is 5. The number of rotatable bonds is 8. The number of ether oxygens (including phenoxy) is 2. The Hall–Kier alpha value is -2.29. The Labute approximate surface area is 169 Å². The van der Waals surface area contributed by atoms with Crippen LogP contribution in [0, 0.1) is 0 Å². The second-order valence-corrected chi connectivity index (χ2v) is 8.38. The van der Waals surface area contributed by atoms with E-state index in [1.165, 1.54) is 18.2 Å². The minimum atomic E-state index is -3.79. The van der Waals surface area contributed by atoms with Crippen LogP contribution in [0.1, 0.15) is 12.8 Å². The van der Waals surface area contributed by atoms with Crippen molar-refractivity contribution in [3.8, 4) is 5.75 Å². The highest BCUT2D eigenvalue weighted by Gasteiger charge is 2.18. The molecule has 0 aliphatic carbocycles. The van der Waals surface area contributed by atoms with Crippen molar-refractivity contribution in [2.75, 3.05) is 24.5 Å². The first-order valence-corrected chi connectivity index (χ1v) is 10.7. The van der Waals surface area contributed by atoms with Crippen molar-refractivity contribution < 1.29 is 22.7 Å². The largest absolute Gasteiger partial charge is 0.482 e. The number of benzene rings is 2. The summed E-state index contributed by atoms with van der Waals surface area (Å²) in [7, 11) is -3.79. The summed E-state index contributed by atoms with van der Waals surface area (Å²) in [5.41, 5.74) is 0.446. The van der Waals surface area contributed by atoms with Gasteiger partial charge < -0.3 is 14.8 Å². The average Bonchev–Trinajstić information content (AvgIpc) is 3.19. The molecule has 2 N–H and O–H groups in total. The number of amides is 1. The molecule has 1 atom stereocenters. The minimum absolute atomic E-state index is 0.00321. The highest BCUT2D eigenvalue weighted by molar-refractivity contribution is 7.92. The molecule has 2 aromatic rings. The molecule has 0 spiro atoms. The molecule has 3 rings (SSSR count). The van der Waals surface area contributed by atoms with E-state index in [2.05, 4.69) is 10.0 Å². The number of nitrogens with one attached hydrogen (secondary N) is 2. The first kappa shape index (κ1) is 20.4. The molecule has 0 aromatic heterocycles. The molecule has 7 nitrogen and oxygen atoms in total. The van der Waals surface area contributed by atoms with Gasteiger partial charge in [-0.25, -0.2) is 8.42 Å². The highest BCUT2D eigenvalue weighted by Crippen LogP contribution is 2.28. The summed E-state index contributed by atoms with van der Waals surface area (Å²) in [6, 6.07) is 12.6. The first-order valence-electron chi connectivity index (χ1n) is 8.82. The van der Waals surface area contributed by atoms with Crippen LogP contribution in [-0.2, 0) is 19.6 Å². The number of anilines is 1. The van der Waals surface area contributed by atoms with E-state index in [1.54, 1.807) is 30.3 Å². The SMILES string of the molecule is O=C(COc1ccc(S(=O)(=O)Nc2ccccc2)cc1Cl)NC[C@@H]1CCCO1. The number of carbonyl (C=O) groups is 1. The van der Waals surface area contributed by atoms with Gasteiger partial charge in [0.15, 0.2) is 6.61 Å². The zero-order valence-electron chi connectivity index (χ0n) is 15.1. The molecule has 150 valence electrons. The lowest BCUT2D eigenvalue weighted by Gasteiger charge is -2.13. The van der Waals surface area contributed by atoms with Crippen LogP contribution in [0.25, 0.3) is 0 Å². The Morgan fingerprint density at radius 2 is 2.00 bits per heavy atom. The van der Waals surface area contributed by atoms with Crippen LogP contribution in [0.4, 0.5) is 5.69 Å². The molecule has 1 heterocycles. The molecule has 1 amide bonds. The third-order valence-electron chi connectivity index (χ3n) is 4.15. The zero-order chi connectivity index (χ0) is 20.0. The lowest BCUT2D eigenvalue weighted by atomic mass is 10.2. The van der Waals surface area contributed by atoms with Gasteiger partial charge in [0.25, 0.3) is 15.9 Å². The van der Waals surface area contributed by atoms with Crippen molar-refractivity contribution in [3.05, 3.63) is 53.6 Å². The molecule has 1 aliphatic rings. The summed E-state index contributed by atoms with van der Waals surface area (Å²) in [5, 5.41) is 2.84.